The van der Waals surface area contributed by atoms with Crippen molar-refractivity contribution in [3.05, 3.63) is 12.2 Å². The van der Waals surface area contributed by atoms with Crippen molar-refractivity contribution in [1.29, 1.82) is 0 Å². The number of hydrogen-bond donors (Lipinski definition) is 1. The number of nitrogens with one attached hydrogen (secondary N) is 1. The minimum atomic E-state index is -0.739. The van der Waals surface area contributed by atoms with Gasteiger partial charge in [-0.25, -0.2) is 0 Å². The largest absolute Gasteiger partial charge is 0.345 e. The highest BCUT2D eigenvalue weighted by Gasteiger charge is 2.13. The van der Waals surface area contributed by atoms with Gasteiger partial charge in [-0.15, -0.1) is 0 Å². The van der Waals surface area contributed by atoms with Gasteiger partial charge in [-0.2, -0.15) is 0 Å². The van der Waals surface area contributed by atoms with Crippen molar-refractivity contribution in [2.45, 2.75) is 44.4 Å². The second-order valence-corrected chi connectivity index (χ2v) is 4.55. The van der Waals surface area contributed by atoms with E-state index in [1.807, 2.05) is 26.0 Å². The van der Waals surface area contributed by atoms with Crippen molar-refractivity contribution < 1.29 is 6.17 Å². The van der Waals surface area contributed by atoms with Gasteiger partial charge in [0.2, 0.25) is 0 Å². The summed E-state index contributed by atoms with van der Waals surface area (Å²) in [5.41, 5.74) is 0. The maximum atomic E-state index is 11.4. The Bertz CT molecular complexity index is 242. The smallest absolute Gasteiger partial charge is 0.279 e. The zero-order valence-electron chi connectivity index (χ0n) is 9.17. The van der Waals surface area contributed by atoms with Crippen LogP contribution in [0.1, 0.15) is 34.5 Å². The fraction of sp³-hybridized carbons (Fsp3) is 0.700. The molecule has 0 aliphatic heterocycles. The normalized spacial score (nSPS) is 28.7. The van der Waals surface area contributed by atoms with Gasteiger partial charge in [0, 0.05) is 12.6 Å². The van der Waals surface area contributed by atoms with Gasteiger partial charge in [0.25, 0.3) is 5.24 Å². The lowest BCUT2D eigenvalue weighted by molar-refractivity contribution is 0.258. The zero-order chi connectivity index (χ0) is 10.6. The van der Waals surface area contributed by atoms with Crippen molar-refractivity contribution in [2.24, 2.45) is 0 Å². The number of rotatable bonds is 2. The molecule has 0 heterocycles. The molecule has 13 heavy (non-hydrogen) atoms. The lowest BCUT2D eigenvalue weighted by Gasteiger charge is -2.15. The van der Waals surface area contributed by atoms with Crippen LogP contribution in [-0.4, -0.2) is 16.5 Å². The van der Waals surface area contributed by atoms with Gasteiger partial charge in [-0.05, 0) is 33.1 Å². The first-order chi connectivity index (χ1) is 6.52. The van der Waals surface area contributed by atoms with E-state index in [9.17, 15) is 4.79 Å². The molecule has 1 N–H and O–H groups in total. The molecule has 0 radical (unpaired) electrons. The Kier molecular flexibility index (Phi) is 3.74. The highest BCUT2D eigenvalue weighted by molar-refractivity contribution is 8.14. The predicted molar refractivity (Wildman–Crippen MR) is 58.0 cm³/mol. The summed E-state index contributed by atoms with van der Waals surface area (Å²) in [6.45, 7) is 3.84. The van der Waals surface area contributed by atoms with E-state index in [1.54, 1.807) is 0 Å². The number of hydrogen-bond acceptors (Lipinski definition) is 2. The minimum absolute atomic E-state index is 0.0958. The Morgan fingerprint density at radius 3 is 3.08 bits per heavy atom. The van der Waals surface area contributed by atoms with E-state index in [0.717, 1.165) is 31.0 Å². The number of carbonyl (C=O) groups is 1. The second-order valence-electron chi connectivity index (χ2n) is 3.45. The van der Waals surface area contributed by atoms with Gasteiger partial charge in [-0.3, -0.25) is 4.79 Å². The van der Waals surface area contributed by atoms with Crippen molar-refractivity contribution in [3.8, 4) is 0 Å². The molecule has 1 amide bonds. The van der Waals surface area contributed by atoms with Crippen LogP contribution < -0.4 is 5.32 Å². The second kappa shape index (κ2) is 5.32. The molecule has 0 aromatic heterocycles. The fourth-order valence-electron chi connectivity index (χ4n) is 1.16. The molecule has 3 heteroatoms. The summed E-state index contributed by atoms with van der Waals surface area (Å²) in [5.74, 6) is 0. The first-order valence-electron chi connectivity index (χ1n) is 5.19. The van der Waals surface area contributed by atoms with E-state index in [2.05, 4.69) is 5.32 Å². The van der Waals surface area contributed by atoms with Gasteiger partial charge in [0.1, 0.15) is 0 Å². The van der Waals surface area contributed by atoms with Crippen LogP contribution in [-0.2, 0) is 0 Å². The quantitative estimate of drug-likeness (QED) is 0.694. The van der Waals surface area contributed by atoms with E-state index >= 15 is 0 Å². The van der Waals surface area contributed by atoms with Crippen LogP contribution >= 0.6 is 11.8 Å². The van der Waals surface area contributed by atoms with Crippen LogP contribution in [0.25, 0.3) is 0 Å². The van der Waals surface area contributed by atoms with Gasteiger partial charge in [-0.1, -0.05) is 23.9 Å². The third-order valence-electron chi connectivity index (χ3n) is 1.73. The van der Waals surface area contributed by atoms with E-state index < -0.39 is 5.23 Å². The molecule has 1 unspecified atom stereocenters. The van der Waals surface area contributed by atoms with Crippen molar-refractivity contribution >= 4 is 17.0 Å². The third-order valence-corrected chi connectivity index (χ3v) is 2.63. The molecule has 0 aromatic rings. The summed E-state index contributed by atoms with van der Waals surface area (Å²) in [4.78, 5) is 11.4. The topological polar surface area (TPSA) is 29.1 Å². The monoisotopic (exact) mass is 200 g/mol. The Balaban J connectivity index is 2.45. The molecule has 2 nitrogen and oxygen atoms in total. The molecule has 1 rings (SSSR count). The Morgan fingerprint density at radius 1 is 1.77 bits per heavy atom. The molecule has 0 aromatic carbocycles. The SMILES string of the molecule is [2H]C1(SC(=O)NC(C)C)C=CCCC1. The molecule has 1 aliphatic carbocycles. The standard InChI is InChI=1S/C10H17NOS/c1-8(2)11-10(12)13-9-6-4-3-5-7-9/h4,6,8-9H,3,5,7H2,1-2H3,(H,11,12)/i9D. The van der Waals surface area contributed by atoms with Crippen LogP contribution in [0.3, 0.4) is 0 Å². The molecule has 0 saturated carbocycles. The first-order valence-corrected chi connectivity index (χ1v) is 5.51. The number of amides is 1. The van der Waals surface area contributed by atoms with Gasteiger partial charge in [0.15, 0.2) is 0 Å². The van der Waals surface area contributed by atoms with Crippen LogP contribution in [0.4, 0.5) is 4.79 Å². The van der Waals surface area contributed by atoms with Gasteiger partial charge in [0.05, 0.1) is 0 Å². The highest BCUT2D eigenvalue weighted by atomic mass is 32.2. The number of allylic oxidation sites excluding steroid dienone is 1. The minimum Gasteiger partial charge on any atom is -0.345 e. The lowest BCUT2D eigenvalue weighted by Crippen LogP contribution is -2.28. The molecular weight excluding hydrogens is 182 g/mol. The van der Waals surface area contributed by atoms with Crippen LogP contribution in [0.5, 0.6) is 0 Å². The average Bonchev–Trinajstić information content (AvgIpc) is 2.02. The first kappa shape index (κ1) is 9.13. The maximum absolute atomic E-state index is 11.4. The summed E-state index contributed by atoms with van der Waals surface area (Å²) in [5, 5.41) is 1.95. The van der Waals surface area contributed by atoms with E-state index in [-0.39, 0.29) is 11.3 Å². The summed E-state index contributed by atoms with van der Waals surface area (Å²) in [6.07, 6.45) is 6.63. The van der Waals surface area contributed by atoms with Crippen LogP contribution in [0.2, 0.25) is 0 Å². The summed E-state index contributed by atoms with van der Waals surface area (Å²) in [6, 6.07) is 0.145. The maximum Gasteiger partial charge on any atom is 0.279 e. The Labute approximate surface area is 85.6 Å². The molecule has 0 spiro atoms. The number of carbonyl (C=O) groups excluding carboxylic acids is 1. The van der Waals surface area contributed by atoms with Gasteiger partial charge < -0.3 is 5.32 Å². The summed E-state index contributed by atoms with van der Waals surface area (Å²) in [7, 11) is 0. The van der Waals surface area contributed by atoms with Crippen LogP contribution in [0, 0.1) is 0 Å². The average molecular weight is 200 g/mol. The molecule has 1 atom stereocenters. The highest BCUT2D eigenvalue weighted by Crippen LogP contribution is 2.23. The summed E-state index contributed by atoms with van der Waals surface area (Å²) < 4.78 is 8.01. The Hall–Kier alpha value is -0.440. The fourth-order valence-corrected chi connectivity index (χ4v) is 2.10. The van der Waals surface area contributed by atoms with Crippen molar-refractivity contribution in [3.63, 3.8) is 0 Å². The molecular formula is C10H17NOS. The molecule has 0 saturated heterocycles. The molecule has 0 fully saturated rings. The number of thioether (sulfide) groups is 1. The molecule has 0 bridgehead atoms. The van der Waals surface area contributed by atoms with Crippen LogP contribution in [0.15, 0.2) is 12.2 Å². The predicted octanol–water partition coefficient (Wildman–Crippen LogP) is 2.95. The molecule has 74 valence electrons. The van der Waals surface area contributed by atoms with E-state index in [1.165, 1.54) is 0 Å². The van der Waals surface area contributed by atoms with E-state index in [4.69, 9.17) is 1.37 Å². The van der Waals surface area contributed by atoms with Crippen molar-refractivity contribution in [1.82, 2.24) is 5.32 Å². The zero-order valence-corrected chi connectivity index (χ0v) is 8.99. The Morgan fingerprint density at radius 2 is 2.54 bits per heavy atom. The summed E-state index contributed by atoms with van der Waals surface area (Å²) >= 11 is 1.08. The molecule has 1 aliphatic rings. The van der Waals surface area contributed by atoms with Gasteiger partial charge >= 0.3 is 0 Å². The third kappa shape index (κ3) is 4.36. The lowest BCUT2D eigenvalue weighted by atomic mass is 10.1. The van der Waals surface area contributed by atoms with E-state index in [0.29, 0.717) is 0 Å². The van der Waals surface area contributed by atoms with Crippen molar-refractivity contribution in [2.75, 3.05) is 0 Å².